The van der Waals surface area contributed by atoms with Crippen molar-refractivity contribution in [1.29, 1.82) is 0 Å². The number of carbonyl (C=O) groups is 2. The SMILES string of the molecule is CC(NC(=O)CSCCC(N)C(=O)O)c1ccc(F)cc1. The van der Waals surface area contributed by atoms with E-state index in [2.05, 4.69) is 5.32 Å². The van der Waals surface area contributed by atoms with E-state index in [1.165, 1.54) is 23.9 Å². The van der Waals surface area contributed by atoms with Crippen molar-refractivity contribution in [2.45, 2.75) is 25.4 Å². The lowest BCUT2D eigenvalue weighted by Gasteiger charge is -2.14. The van der Waals surface area contributed by atoms with Crippen LogP contribution in [0.3, 0.4) is 0 Å². The van der Waals surface area contributed by atoms with Crippen molar-refractivity contribution >= 4 is 23.6 Å². The van der Waals surface area contributed by atoms with Gasteiger partial charge in [0.15, 0.2) is 0 Å². The number of hydrogen-bond acceptors (Lipinski definition) is 4. The lowest BCUT2D eigenvalue weighted by molar-refractivity contribution is -0.138. The summed E-state index contributed by atoms with van der Waals surface area (Å²) in [6, 6.07) is 4.84. The standard InChI is InChI=1S/C14H19FN2O3S/c1-9(10-2-4-11(15)5-3-10)17-13(18)8-21-7-6-12(16)14(19)20/h2-5,9,12H,6-8,16H2,1H3,(H,17,18)(H,19,20). The molecule has 0 aromatic heterocycles. The molecule has 0 spiro atoms. The summed E-state index contributed by atoms with van der Waals surface area (Å²) in [5, 5.41) is 11.4. The van der Waals surface area contributed by atoms with Gasteiger partial charge in [-0.2, -0.15) is 11.8 Å². The predicted octanol–water partition coefficient (Wildman–Crippen LogP) is 1.54. The third-order valence-corrected chi connectivity index (χ3v) is 3.86. The van der Waals surface area contributed by atoms with E-state index in [0.717, 1.165) is 5.56 Å². The molecule has 2 unspecified atom stereocenters. The molecule has 0 fully saturated rings. The number of nitrogens with two attached hydrogens (primary N) is 1. The van der Waals surface area contributed by atoms with E-state index >= 15 is 0 Å². The highest BCUT2D eigenvalue weighted by Gasteiger charge is 2.12. The molecule has 0 aliphatic carbocycles. The van der Waals surface area contributed by atoms with Gasteiger partial charge in [0.2, 0.25) is 5.91 Å². The molecule has 0 bridgehead atoms. The number of aliphatic carboxylic acids is 1. The topological polar surface area (TPSA) is 92.4 Å². The monoisotopic (exact) mass is 314 g/mol. The van der Waals surface area contributed by atoms with Gasteiger partial charge in [0.05, 0.1) is 11.8 Å². The summed E-state index contributed by atoms with van der Waals surface area (Å²) in [6.07, 6.45) is 0.320. The van der Waals surface area contributed by atoms with E-state index in [4.69, 9.17) is 10.8 Å². The lowest BCUT2D eigenvalue weighted by atomic mass is 10.1. The average molecular weight is 314 g/mol. The van der Waals surface area contributed by atoms with Crippen molar-refractivity contribution in [3.05, 3.63) is 35.6 Å². The number of hydrogen-bond donors (Lipinski definition) is 3. The zero-order chi connectivity index (χ0) is 15.8. The molecule has 116 valence electrons. The quantitative estimate of drug-likeness (QED) is 0.633. The summed E-state index contributed by atoms with van der Waals surface area (Å²) < 4.78 is 12.8. The fraction of sp³-hybridized carbons (Fsp3) is 0.429. The van der Waals surface area contributed by atoms with E-state index in [1.807, 2.05) is 6.92 Å². The van der Waals surface area contributed by atoms with Crippen LogP contribution in [-0.2, 0) is 9.59 Å². The number of halogens is 1. The highest BCUT2D eigenvalue weighted by atomic mass is 32.2. The van der Waals surface area contributed by atoms with Crippen LogP contribution in [0.2, 0.25) is 0 Å². The molecule has 1 aromatic rings. The van der Waals surface area contributed by atoms with Crippen molar-refractivity contribution in [2.24, 2.45) is 5.73 Å². The highest BCUT2D eigenvalue weighted by Crippen LogP contribution is 2.13. The second kappa shape index (κ2) is 8.63. The zero-order valence-electron chi connectivity index (χ0n) is 11.7. The van der Waals surface area contributed by atoms with Crippen LogP contribution in [0.5, 0.6) is 0 Å². The van der Waals surface area contributed by atoms with Crippen molar-refractivity contribution in [2.75, 3.05) is 11.5 Å². The van der Waals surface area contributed by atoms with Gasteiger partial charge in [-0.1, -0.05) is 12.1 Å². The van der Waals surface area contributed by atoms with E-state index in [1.54, 1.807) is 12.1 Å². The van der Waals surface area contributed by atoms with Crippen LogP contribution in [0.1, 0.15) is 24.9 Å². The Kier molecular flexibility index (Phi) is 7.18. The van der Waals surface area contributed by atoms with Gasteiger partial charge in [-0.05, 0) is 36.8 Å². The molecular formula is C14H19FN2O3S. The second-order valence-corrected chi connectivity index (χ2v) is 5.73. The molecule has 2 atom stereocenters. The summed E-state index contributed by atoms with van der Waals surface area (Å²) in [5.41, 5.74) is 6.18. The van der Waals surface area contributed by atoms with Crippen molar-refractivity contribution in [1.82, 2.24) is 5.32 Å². The largest absolute Gasteiger partial charge is 0.480 e. The molecule has 0 aliphatic heterocycles. The van der Waals surface area contributed by atoms with Gasteiger partial charge in [-0.25, -0.2) is 4.39 Å². The molecule has 4 N–H and O–H groups in total. The Labute approximate surface area is 127 Å². The molecule has 1 rings (SSSR count). The third kappa shape index (κ3) is 6.59. The molecular weight excluding hydrogens is 295 g/mol. The molecule has 0 saturated heterocycles. The van der Waals surface area contributed by atoms with E-state index in [0.29, 0.717) is 12.2 Å². The van der Waals surface area contributed by atoms with E-state index in [9.17, 15) is 14.0 Å². The molecule has 5 nitrogen and oxygen atoms in total. The lowest BCUT2D eigenvalue weighted by Crippen LogP contribution is -2.31. The molecule has 0 aliphatic rings. The molecule has 0 saturated carbocycles. The van der Waals surface area contributed by atoms with Crippen LogP contribution in [0.25, 0.3) is 0 Å². The Bertz CT molecular complexity index is 482. The van der Waals surface area contributed by atoms with Crippen LogP contribution in [0.15, 0.2) is 24.3 Å². The number of thioether (sulfide) groups is 1. The summed E-state index contributed by atoms with van der Waals surface area (Å²) in [4.78, 5) is 22.2. The summed E-state index contributed by atoms with van der Waals surface area (Å²) in [7, 11) is 0. The number of carboxylic acid groups (broad SMARTS) is 1. The molecule has 0 heterocycles. The van der Waals surface area contributed by atoms with Gasteiger partial charge in [0.25, 0.3) is 0 Å². The fourth-order valence-electron chi connectivity index (χ4n) is 1.62. The van der Waals surface area contributed by atoms with Gasteiger partial charge >= 0.3 is 5.97 Å². The summed E-state index contributed by atoms with van der Waals surface area (Å²) in [6.45, 7) is 1.82. The molecule has 1 aromatic carbocycles. The van der Waals surface area contributed by atoms with E-state index in [-0.39, 0.29) is 23.5 Å². The normalized spacial score (nSPS) is 13.5. The Morgan fingerprint density at radius 1 is 1.38 bits per heavy atom. The predicted molar refractivity (Wildman–Crippen MR) is 80.5 cm³/mol. The first kappa shape index (κ1) is 17.5. The van der Waals surface area contributed by atoms with Crippen molar-refractivity contribution < 1.29 is 19.1 Å². The van der Waals surface area contributed by atoms with E-state index < -0.39 is 12.0 Å². The zero-order valence-corrected chi connectivity index (χ0v) is 12.5. The Balaban J connectivity index is 2.27. The van der Waals surface area contributed by atoms with Crippen LogP contribution in [0, 0.1) is 5.82 Å². The second-order valence-electron chi connectivity index (χ2n) is 4.63. The minimum Gasteiger partial charge on any atom is -0.480 e. The number of rotatable bonds is 8. The summed E-state index contributed by atoms with van der Waals surface area (Å²) >= 11 is 1.33. The number of carboxylic acids is 1. The fourth-order valence-corrected chi connectivity index (χ4v) is 2.45. The molecule has 21 heavy (non-hydrogen) atoms. The third-order valence-electron chi connectivity index (χ3n) is 2.87. The van der Waals surface area contributed by atoms with Crippen LogP contribution in [0.4, 0.5) is 4.39 Å². The Morgan fingerprint density at radius 3 is 2.57 bits per heavy atom. The number of carbonyl (C=O) groups excluding carboxylic acids is 1. The molecule has 7 heteroatoms. The molecule has 1 amide bonds. The van der Waals surface area contributed by atoms with Gasteiger partial charge in [-0.15, -0.1) is 0 Å². The van der Waals surface area contributed by atoms with Gasteiger partial charge in [0, 0.05) is 0 Å². The summed E-state index contributed by atoms with van der Waals surface area (Å²) in [5.74, 6) is -0.766. The van der Waals surface area contributed by atoms with Crippen LogP contribution in [-0.4, -0.2) is 34.5 Å². The number of benzene rings is 1. The van der Waals surface area contributed by atoms with Gasteiger partial charge in [-0.3, -0.25) is 9.59 Å². The number of amides is 1. The molecule has 0 radical (unpaired) electrons. The number of nitrogens with one attached hydrogen (secondary N) is 1. The minimum atomic E-state index is -1.04. The van der Waals surface area contributed by atoms with Crippen LogP contribution < -0.4 is 11.1 Å². The highest BCUT2D eigenvalue weighted by molar-refractivity contribution is 7.99. The Morgan fingerprint density at radius 2 is 2.00 bits per heavy atom. The maximum absolute atomic E-state index is 12.8. The van der Waals surface area contributed by atoms with Crippen molar-refractivity contribution in [3.8, 4) is 0 Å². The first-order valence-electron chi connectivity index (χ1n) is 6.51. The maximum Gasteiger partial charge on any atom is 0.320 e. The van der Waals surface area contributed by atoms with Gasteiger partial charge < -0.3 is 16.2 Å². The Hall–Kier alpha value is -1.60. The smallest absolute Gasteiger partial charge is 0.320 e. The van der Waals surface area contributed by atoms with Gasteiger partial charge in [0.1, 0.15) is 11.9 Å². The maximum atomic E-state index is 12.8. The first-order valence-corrected chi connectivity index (χ1v) is 7.66. The average Bonchev–Trinajstić information content (AvgIpc) is 2.43. The van der Waals surface area contributed by atoms with Crippen molar-refractivity contribution in [3.63, 3.8) is 0 Å². The minimum absolute atomic E-state index is 0.152. The first-order chi connectivity index (χ1) is 9.90. The van der Waals surface area contributed by atoms with Crippen LogP contribution >= 0.6 is 11.8 Å².